The van der Waals surface area contributed by atoms with Crippen molar-refractivity contribution in [2.75, 3.05) is 11.5 Å². The van der Waals surface area contributed by atoms with E-state index in [9.17, 15) is 34.3 Å². The summed E-state index contributed by atoms with van der Waals surface area (Å²) >= 11 is 1.93. The summed E-state index contributed by atoms with van der Waals surface area (Å²) in [4.78, 5) is 65.1. The Morgan fingerprint density at radius 3 is 2.66 bits per heavy atom. The van der Waals surface area contributed by atoms with E-state index in [2.05, 4.69) is 19.8 Å². The van der Waals surface area contributed by atoms with Crippen LogP contribution < -0.4 is 26.5 Å². The van der Waals surface area contributed by atoms with E-state index in [1.165, 1.54) is 34.8 Å². The zero-order valence-corrected chi connectivity index (χ0v) is 20.7. The Bertz CT molecular complexity index is 1440. The number of pyridine rings is 1. The number of rotatable bonds is 9. The summed E-state index contributed by atoms with van der Waals surface area (Å²) in [5, 5.41) is 34.9. The molecule has 0 unspecified atom stereocenters. The molecule has 7 N–H and O–H groups in total. The standard InChI is InChI=1S/C20H18N8O8S2/c21-14(31)9-1-2-27(4-7(9)3-10(29)30)5-8-6-37-18-12(17(33)28(18)13(8)19(34)35)23-16(32)11(25-36)15-24-20(22)38-26-15/h1-2,4,12,18H,3,5-6H2,(H7-,21,22,23,24,26,29,30,31,32,34,35,36)/t12-,18-/m1/s1. The molecule has 38 heavy (non-hydrogen) atoms. The first kappa shape index (κ1) is 26.5. The molecule has 0 saturated carbocycles. The number of aliphatic carboxylic acids is 2. The minimum absolute atomic E-state index is 0.00803. The van der Waals surface area contributed by atoms with Crippen LogP contribution in [0.25, 0.3) is 0 Å². The fraction of sp³-hybridized carbons (Fsp3) is 0.250. The Morgan fingerprint density at radius 1 is 1.34 bits per heavy atom. The molecule has 3 amide bonds. The zero-order chi connectivity index (χ0) is 27.7. The number of β-lactam (4-membered cyclic amide) rings is 1. The molecule has 2 aromatic rings. The van der Waals surface area contributed by atoms with Gasteiger partial charge in [0.1, 0.15) is 11.4 Å². The molecule has 0 aliphatic carbocycles. The molecule has 2 aliphatic heterocycles. The number of oxime groups is 1. The van der Waals surface area contributed by atoms with Gasteiger partial charge in [-0.15, -0.1) is 11.8 Å². The van der Waals surface area contributed by atoms with Gasteiger partial charge in [-0.1, -0.05) is 5.16 Å². The first-order valence-corrected chi connectivity index (χ1v) is 12.4. The van der Waals surface area contributed by atoms with E-state index in [0.717, 1.165) is 16.4 Å². The number of nitrogens with one attached hydrogen (secondary N) is 1. The van der Waals surface area contributed by atoms with Crippen LogP contribution in [0.2, 0.25) is 0 Å². The van der Waals surface area contributed by atoms with Crippen molar-refractivity contribution < 1.29 is 44.0 Å². The van der Waals surface area contributed by atoms with Gasteiger partial charge in [0.15, 0.2) is 24.1 Å². The summed E-state index contributed by atoms with van der Waals surface area (Å²) in [5.41, 5.74) is 10.2. The number of carboxylic acids is 2. The predicted molar refractivity (Wildman–Crippen MR) is 126 cm³/mol. The summed E-state index contributed by atoms with van der Waals surface area (Å²) < 4.78 is 5.24. The number of nitrogen functional groups attached to an aromatic ring is 1. The number of primary amides is 1. The number of carbonyl (C=O) groups is 5. The van der Waals surface area contributed by atoms with Gasteiger partial charge in [0, 0.05) is 34.5 Å². The average Bonchev–Trinajstić information content (AvgIpc) is 3.27. The molecular formula is C20H18N8O8S2. The third kappa shape index (κ3) is 4.98. The Hall–Kier alpha value is -4.58. The monoisotopic (exact) mass is 562 g/mol. The summed E-state index contributed by atoms with van der Waals surface area (Å²) in [6.45, 7) is -0.0618. The van der Waals surface area contributed by atoms with Crippen molar-refractivity contribution in [1.82, 2.24) is 19.6 Å². The normalized spacial score (nSPS) is 19.0. The van der Waals surface area contributed by atoms with Crippen LogP contribution in [-0.2, 0) is 32.1 Å². The van der Waals surface area contributed by atoms with Gasteiger partial charge in [0.05, 0.1) is 23.7 Å². The molecule has 0 radical (unpaired) electrons. The molecule has 2 aliphatic rings. The van der Waals surface area contributed by atoms with E-state index in [1.807, 2.05) is 0 Å². The summed E-state index contributed by atoms with van der Waals surface area (Å²) in [7, 11) is 0. The molecule has 18 heteroatoms. The minimum atomic E-state index is -1.62. The molecule has 198 valence electrons. The number of anilines is 1. The Labute approximate surface area is 220 Å². The smallest absolute Gasteiger partial charge is 0.308 e. The second-order valence-corrected chi connectivity index (χ2v) is 9.88. The first-order chi connectivity index (χ1) is 18.0. The number of amides is 3. The van der Waals surface area contributed by atoms with Crippen LogP contribution in [0.4, 0.5) is 5.13 Å². The van der Waals surface area contributed by atoms with Gasteiger partial charge < -0.3 is 37.0 Å². The number of hydrogen-bond acceptors (Lipinski definition) is 13. The molecule has 2 atom stereocenters. The fourth-order valence-electron chi connectivity index (χ4n) is 3.98. The topological polar surface area (TPSA) is 258 Å². The maximum Gasteiger partial charge on any atom is 0.308 e. The summed E-state index contributed by atoms with van der Waals surface area (Å²) in [6.07, 6.45) is 2.30. The van der Waals surface area contributed by atoms with Crippen molar-refractivity contribution in [2.24, 2.45) is 10.9 Å². The van der Waals surface area contributed by atoms with E-state index < -0.39 is 53.2 Å². The van der Waals surface area contributed by atoms with E-state index in [1.54, 1.807) is 0 Å². The number of thioether (sulfide) groups is 1. The number of nitrogens with zero attached hydrogens (tertiary/aromatic N) is 5. The van der Waals surface area contributed by atoms with Crippen molar-refractivity contribution in [3.63, 3.8) is 0 Å². The maximum atomic E-state index is 12.9. The SMILES string of the molecule is NC(=O)c1cc[n+](CC2=C(C(=O)[O-])N3C(=O)[C@@H](NC(=O)/C(=N\O)c4nsc(N)n4)[C@H]3SC2)cc1CC(=O)O. The number of aromatic nitrogens is 3. The number of carbonyl (C=O) groups excluding carboxylic acids is 4. The number of fused-ring (bicyclic) bond motifs is 1. The molecular weight excluding hydrogens is 544 g/mol. The third-order valence-corrected chi connectivity index (χ3v) is 7.46. The van der Waals surface area contributed by atoms with Gasteiger partial charge in [0.25, 0.3) is 11.8 Å². The molecule has 4 heterocycles. The van der Waals surface area contributed by atoms with E-state index >= 15 is 0 Å². The Balaban J connectivity index is 1.55. The minimum Gasteiger partial charge on any atom is -0.543 e. The predicted octanol–water partition coefficient (Wildman–Crippen LogP) is -3.58. The van der Waals surface area contributed by atoms with Gasteiger partial charge in [-0.05, 0) is 0 Å². The van der Waals surface area contributed by atoms with E-state index in [4.69, 9.17) is 16.6 Å². The quantitative estimate of drug-likeness (QED) is 0.0653. The fourth-order valence-corrected chi connectivity index (χ4v) is 5.75. The molecule has 4 rings (SSSR count). The number of hydrogen-bond donors (Lipinski definition) is 5. The highest BCUT2D eigenvalue weighted by molar-refractivity contribution is 8.00. The van der Waals surface area contributed by atoms with Gasteiger partial charge >= 0.3 is 5.97 Å². The number of nitrogens with two attached hydrogens (primary N) is 2. The second kappa shape index (κ2) is 10.4. The summed E-state index contributed by atoms with van der Waals surface area (Å²) in [5.74, 6) is -5.47. The lowest BCUT2D eigenvalue weighted by molar-refractivity contribution is -0.689. The highest BCUT2D eigenvalue weighted by atomic mass is 32.2. The number of carboxylic acid groups (broad SMARTS) is 2. The largest absolute Gasteiger partial charge is 0.543 e. The maximum absolute atomic E-state index is 12.9. The van der Waals surface area contributed by atoms with Crippen LogP contribution in [0, 0.1) is 0 Å². The van der Waals surface area contributed by atoms with Crippen molar-refractivity contribution in [3.05, 3.63) is 46.7 Å². The van der Waals surface area contributed by atoms with Gasteiger partial charge in [-0.2, -0.15) is 9.36 Å². The van der Waals surface area contributed by atoms with Crippen molar-refractivity contribution in [2.45, 2.75) is 24.4 Å². The van der Waals surface area contributed by atoms with Crippen LogP contribution in [0.5, 0.6) is 0 Å². The van der Waals surface area contributed by atoms with Gasteiger partial charge in [-0.3, -0.25) is 24.1 Å². The average molecular weight is 563 g/mol. The molecule has 0 bridgehead atoms. The molecule has 1 fully saturated rings. The molecule has 1 saturated heterocycles. The second-order valence-electron chi connectivity index (χ2n) is 8.00. The van der Waals surface area contributed by atoms with Crippen molar-refractivity contribution >= 4 is 63.8 Å². The lowest BCUT2D eigenvalue weighted by Gasteiger charge is -2.50. The van der Waals surface area contributed by atoms with Crippen molar-refractivity contribution in [3.8, 4) is 0 Å². The zero-order valence-electron chi connectivity index (χ0n) is 19.1. The highest BCUT2D eigenvalue weighted by Gasteiger charge is 2.53. The van der Waals surface area contributed by atoms with Crippen LogP contribution in [0.15, 0.2) is 34.9 Å². The van der Waals surface area contributed by atoms with E-state index in [-0.39, 0.29) is 45.7 Å². The van der Waals surface area contributed by atoms with Crippen LogP contribution in [-0.4, -0.2) is 77.1 Å². The van der Waals surface area contributed by atoms with Gasteiger partial charge in [0.2, 0.25) is 17.4 Å². The lowest BCUT2D eigenvalue weighted by atomic mass is 10.0. The van der Waals surface area contributed by atoms with Crippen molar-refractivity contribution in [1.29, 1.82) is 0 Å². The van der Waals surface area contributed by atoms with E-state index in [0.29, 0.717) is 0 Å². The lowest BCUT2D eigenvalue weighted by Crippen LogP contribution is -2.71. The molecule has 0 aromatic carbocycles. The molecule has 0 spiro atoms. The first-order valence-electron chi connectivity index (χ1n) is 10.6. The Kier molecular flexibility index (Phi) is 7.26. The summed E-state index contributed by atoms with van der Waals surface area (Å²) in [6, 6.07) is 0.185. The van der Waals surface area contributed by atoms with Gasteiger partial charge in [-0.25, -0.2) is 4.57 Å². The highest BCUT2D eigenvalue weighted by Crippen LogP contribution is 2.40. The van der Waals surface area contributed by atoms with Crippen LogP contribution in [0.3, 0.4) is 0 Å². The van der Waals surface area contributed by atoms with Crippen LogP contribution in [0.1, 0.15) is 21.7 Å². The molecule has 2 aromatic heterocycles. The van der Waals surface area contributed by atoms with Crippen LogP contribution >= 0.6 is 23.3 Å². The Morgan fingerprint density at radius 2 is 2.08 bits per heavy atom. The third-order valence-electron chi connectivity index (χ3n) is 5.58. The molecule has 16 nitrogen and oxygen atoms in total.